The molecule has 1 aromatic carbocycles. The average Bonchev–Trinajstić information content (AvgIpc) is 2.39. The Labute approximate surface area is 106 Å². The molecule has 0 amide bonds. The van der Waals surface area contributed by atoms with E-state index in [0.29, 0.717) is 18.7 Å². The topological polar surface area (TPSA) is 80.4 Å². The summed E-state index contributed by atoms with van der Waals surface area (Å²) in [6, 6.07) is 5.52. The number of aliphatic hydroxyl groups is 1. The first-order valence-electron chi connectivity index (χ1n) is 5.84. The van der Waals surface area contributed by atoms with E-state index >= 15 is 0 Å². The molecule has 2 rings (SSSR count). The number of fused-ring (bicyclic) bond motifs is 1. The van der Waals surface area contributed by atoms with Crippen LogP contribution in [0.1, 0.15) is 6.42 Å². The van der Waals surface area contributed by atoms with Crippen LogP contribution >= 0.6 is 0 Å². The number of nitrogen functional groups attached to an aromatic ring is 1. The number of rotatable bonds is 5. The summed E-state index contributed by atoms with van der Waals surface area (Å²) in [7, 11) is 1.63. The monoisotopic (exact) mass is 247 g/mol. The van der Waals surface area contributed by atoms with Crippen LogP contribution in [0.2, 0.25) is 0 Å². The fourth-order valence-corrected chi connectivity index (χ4v) is 1.90. The molecule has 5 heteroatoms. The van der Waals surface area contributed by atoms with E-state index in [0.717, 1.165) is 22.3 Å². The first kappa shape index (κ1) is 12.4. The number of hydrogen-bond donors (Lipinski definition) is 3. The van der Waals surface area contributed by atoms with Gasteiger partial charge in [-0.1, -0.05) is 0 Å². The van der Waals surface area contributed by atoms with E-state index < -0.39 is 0 Å². The van der Waals surface area contributed by atoms with E-state index in [1.807, 2.05) is 12.1 Å². The van der Waals surface area contributed by atoms with E-state index in [2.05, 4.69) is 10.3 Å². The minimum Gasteiger partial charge on any atom is -0.496 e. The summed E-state index contributed by atoms with van der Waals surface area (Å²) in [5.41, 5.74) is 6.66. The normalized spacial score (nSPS) is 10.6. The van der Waals surface area contributed by atoms with Crippen molar-refractivity contribution in [3.05, 3.63) is 24.4 Å². The van der Waals surface area contributed by atoms with Gasteiger partial charge in [-0.2, -0.15) is 0 Å². The second-order valence-electron chi connectivity index (χ2n) is 3.94. The summed E-state index contributed by atoms with van der Waals surface area (Å²) < 4.78 is 5.31. The van der Waals surface area contributed by atoms with Gasteiger partial charge >= 0.3 is 0 Å². The Morgan fingerprint density at radius 2 is 2.22 bits per heavy atom. The SMILES string of the molecule is COc1ccc(N)c2c(NCCCO)nccc12. The van der Waals surface area contributed by atoms with Gasteiger partial charge in [0.25, 0.3) is 0 Å². The number of aromatic nitrogens is 1. The van der Waals surface area contributed by atoms with Gasteiger partial charge in [-0.05, 0) is 24.6 Å². The molecular formula is C13H17N3O2. The highest BCUT2D eigenvalue weighted by molar-refractivity contribution is 6.03. The van der Waals surface area contributed by atoms with Gasteiger partial charge < -0.3 is 20.9 Å². The van der Waals surface area contributed by atoms with Crippen molar-refractivity contribution in [1.82, 2.24) is 4.98 Å². The first-order chi connectivity index (χ1) is 8.77. The number of methoxy groups -OCH3 is 1. The van der Waals surface area contributed by atoms with E-state index in [1.165, 1.54) is 0 Å². The number of pyridine rings is 1. The lowest BCUT2D eigenvalue weighted by molar-refractivity contribution is 0.292. The summed E-state index contributed by atoms with van der Waals surface area (Å²) in [4.78, 5) is 4.29. The molecule has 18 heavy (non-hydrogen) atoms. The van der Waals surface area contributed by atoms with Gasteiger partial charge in [0.15, 0.2) is 0 Å². The van der Waals surface area contributed by atoms with Crippen LogP contribution in [0, 0.1) is 0 Å². The fourth-order valence-electron chi connectivity index (χ4n) is 1.90. The van der Waals surface area contributed by atoms with Crippen molar-refractivity contribution in [2.75, 3.05) is 31.3 Å². The van der Waals surface area contributed by atoms with E-state index in [9.17, 15) is 0 Å². The molecule has 0 aliphatic carbocycles. The molecule has 96 valence electrons. The number of hydrogen-bond acceptors (Lipinski definition) is 5. The van der Waals surface area contributed by atoms with E-state index in [4.69, 9.17) is 15.6 Å². The Bertz CT molecular complexity index is 543. The standard InChI is InChI=1S/C13H17N3O2/c1-18-11-4-3-10(14)12-9(11)5-7-16-13(12)15-6-2-8-17/h3-5,7,17H,2,6,8,14H2,1H3,(H,15,16). The number of anilines is 2. The van der Waals surface area contributed by atoms with Crippen LogP contribution in [0.15, 0.2) is 24.4 Å². The van der Waals surface area contributed by atoms with Crippen molar-refractivity contribution in [1.29, 1.82) is 0 Å². The maximum Gasteiger partial charge on any atom is 0.136 e. The van der Waals surface area contributed by atoms with Crippen molar-refractivity contribution < 1.29 is 9.84 Å². The molecular weight excluding hydrogens is 230 g/mol. The zero-order valence-electron chi connectivity index (χ0n) is 10.3. The lowest BCUT2D eigenvalue weighted by Crippen LogP contribution is -2.06. The molecule has 0 saturated carbocycles. The van der Waals surface area contributed by atoms with Crippen LogP contribution in [0.3, 0.4) is 0 Å². The zero-order chi connectivity index (χ0) is 13.0. The maximum absolute atomic E-state index is 8.79. The van der Waals surface area contributed by atoms with Crippen LogP contribution in [0.4, 0.5) is 11.5 Å². The smallest absolute Gasteiger partial charge is 0.136 e. The number of ether oxygens (including phenoxy) is 1. The Balaban J connectivity index is 2.47. The number of aliphatic hydroxyl groups excluding tert-OH is 1. The maximum atomic E-state index is 8.79. The quantitative estimate of drug-likeness (QED) is 0.552. The van der Waals surface area contributed by atoms with Gasteiger partial charge in [0.2, 0.25) is 0 Å². The van der Waals surface area contributed by atoms with Crippen LogP contribution in [-0.4, -0.2) is 30.4 Å². The third kappa shape index (κ3) is 2.31. The van der Waals surface area contributed by atoms with Gasteiger partial charge in [0.1, 0.15) is 11.6 Å². The molecule has 0 spiro atoms. The molecule has 4 N–H and O–H groups in total. The summed E-state index contributed by atoms with van der Waals surface area (Å²) in [6.07, 6.45) is 2.38. The second kappa shape index (κ2) is 5.55. The van der Waals surface area contributed by atoms with Crippen LogP contribution in [0.5, 0.6) is 5.75 Å². The van der Waals surface area contributed by atoms with Crippen molar-refractivity contribution in [3.8, 4) is 5.75 Å². The van der Waals surface area contributed by atoms with Crippen LogP contribution < -0.4 is 15.8 Å². The van der Waals surface area contributed by atoms with Crippen LogP contribution in [-0.2, 0) is 0 Å². The number of nitrogens with one attached hydrogen (secondary N) is 1. The van der Waals surface area contributed by atoms with Crippen molar-refractivity contribution in [2.24, 2.45) is 0 Å². The summed E-state index contributed by atoms with van der Waals surface area (Å²) >= 11 is 0. The van der Waals surface area contributed by atoms with Gasteiger partial charge in [0, 0.05) is 30.4 Å². The molecule has 1 aromatic heterocycles. The molecule has 0 radical (unpaired) electrons. The molecule has 0 saturated heterocycles. The summed E-state index contributed by atoms with van der Waals surface area (Å²) in [5.74, 6) is 1.49. The van der Waals surface area contributed by atoms with Gasteiger partial charge in [-0.25, -0.2) is 4.98 Å². The van der Waals surface area contributed by atoms with Gasteiger partial charge in [-0.15, -0.1) is 0 Å². The number of nitrogens with zero attached hydrogens (tertiary/aromatic N) is 1. The Hall–Kier alpha value is -2.01. The number of nitrogens with two attached hydrogens (primary N) is 1. The molecule has 0 bridgehead atoms. The Kier molecular flexibility index (Phi) is 3.84. The highest BCUT2D eigenvalue weighted by Crippen LogP contribution is 2.33. The van der Waals surface area contributed by atoms with Crippen LogP contribution in [0.25, 0.3) is 10.8 Å². The third-order valence-corrected chi connectivity index (χ3v) is 2.77. The number of benzene rings is 1. The van der Waals surface area contributed by atoms with Crippen molar-refractivity contribution in [3.63, 3.8) is 0 Å². The summed E-state index contributed by atoms with van der Waals surface area (Å²) in [5, 5.41) is 13.7. The fraction of sp³-hybridized carbons (Fsp3) is 0.308. The Morgan fingerprint density at radius 3 is 2.94 bits per heavy atom. The molecule has 2 aromatic rings. The highest BCUT2D eigenvalue weighted by Gasteiger charge is 2.09. The zero-order valence-corrected chi connectivity index (χ0v) is 10.3. The molecule has 1 heterocycles. The van der Waals surface area contributed by atoms with Gasteiger partial charge in [-0.3, -0.25) is 0 Å². The Morgan fingerprint density at radius 1 is 1.39 bits per heavy atom. The predicted molar refractivity (Wildman–Crippen MR) is 72.9 cm³/mol. The van der Waals surface area contributed by atoms with Gasteiger partial charge in [0.05, 0.1) is 12.5 Å². The third-order valence-electron chi connectivity index (χ3n) is 2.77. The largest absolute Gasteiger partial charge is 0.496 e. The minimum absolute atomic E-state index is 0.149. The molecule has 0 aliphatic rings. The minimum atomic E-state index is 0.149. The lowest BCUT2D eigenvalue weighted by atomic mass is 10.1. The average molecular weight is 247 g/mol. The molecule has 0 aliphatic heterocycles. The summed E-state index contributed by atoms with van der Waals surface area (Å²) in [6.45, 7) is 0.801. The molecule has 0 unspecified atom stereocenters. The van der Waals surface area contributed by atoms with Crippen molar-refractivity contribution in [2.45, 2.75) is 6.42 Å². The molecule has 5 nitrogen and oxygen atoms in total. The predicted octanol–water partition coefficient (Wildman–Crippen LogP) is 1.62. The second-order valence-corrected chi connectivity index (χ2v) is 3.94. The van der Waals surface area contributed by atoms with E-state index in [1.54, 1.807) is 19.4 Å². The molecule has 0 atom stereocenters. The first-order valence-corrected chi connectivity index (χ1v) is 5.84. The molecule has 0 fully saturated rings. The van der Waals surface area contributed by atoms with Crippen molar-refractivity contribution >= 4 is 22.3 Å². The highest BCUT2D eigenvalue weighted by atomic mass is 16.5. The van der Waals surface area contributed by atoms with E-state index in [-0.39, 0.29) is 6.61 Å². The lowest BCUT2D eigenvalue weighted by Gasteiger charge is -2.12.